The fraction of sp³-hybridized carbons (Fsp3) is 0.333. The Hall–Kier alpha value is -2.18. The van der Waals surface area contributed by atoms with Crippen LogP contribution in [0.25, 0.3) is 0 Å². The number of aromatic nitrogens is 1. The Morgan fingerprint density at radius 3 is 2.44 bits per heavy atom. The van der Waals surface area contributed by atoms with Crippen LogP contribution in [0.1, 0.15) is 6.92 Å². The molecule has 1 saturated heterocycles. The molecule has 1 aromatic heterocycles. The molecule has 0 unspecified atom stereocenters. The molecular formula is C18H20ClFN4O. The number of piperazine rings is 1. The standard InChI is InChI=1S/C18H20ClFN4O/c1-13(18(25)22-17-7-2-14(19)12-21-17)23-8-10-24(11-9-23)16-5-3-15(20)4-6-16/h2-7,12-13H,8-11H2,1H3,(H,21,22,25)/t13-/m0/s1. The van der Waals surface area contributed by atoms with Gasteiger partial charge >= 0.3 is 0 Å². The third-order valence-corrected chi connectivity index (χ3v) is 4.64. The number of anilines is 2. The van der Waals surface area contributed by atoms with Crippen LogP contribution in [0.4, 0.5) is 15.9 Å². The van der Waals surface area contributed by atoms with E-state index in [2.05, 4.69) is 20.1 Å². The van der Waals surface area contributed by atoms with Gasteiger partial charge in [-0.2, -0.15) is 0 Å². The normalized spacial score (nSPS) is 16.5. The van der Waals surface area contributed by atoms with Gasteiger partial charge in [0.2, 0.25) is 5.91 Å². The van der Waals surface area contributed by atoms with Crippen molar-refractivity contribution < 1.29 is 9.18 Å². The number of amides is 1. The molecule has 132 valence electrons. The quantitative estimate of drug-likeness (QED) is 0.908. The summed E-state index contributed by atoms with van der Waals surface area (Å²) in [5.41, 5.74) is 1.00. The second-order valence-corrected chi connectivity index (χ2v) is 6.46. The van der Waals surface area contributed by atoms with Crippen LogP contribution in [0.2, 0.25) is 5.02 Å². The molecule has 0 saturated carbocycles. The summed E-state index contributed by atoms with van der Waals surface area (Å²) >= 11 is 5.80. The van der Waals surface area contributed by atoms with Crippen molar-refractivity contribution in [2.45, 2.75) is 13.0 Å². The highest BCUT2D eigenvalue weighted by Crippen LogP contribution is 2.18. The zero-order valence-corrected chi connectivity index (χ0v) is 14.7. The lowest BCUT2D eigenvalue weighted by atomic mass is 10.2. The van der Waals surface area contributed by atoms with Crippen LogP contribution in [0.15, 0.2) is 42.6 Å². The molecule has 3 rings (SSSR count). The Labute approximate surface area is 151 Å². The predicted molar refractivity (Wildman–Crippen MR) is 97.5 cm³/mol. The van der Waals surface area contributed by atoms with Crippen molar-refractivity contribution in [2.75, 3.05) is 36.4 Å². The second kappa shape index (κ2) is 7.80. The summed E-state index contributed by atoms with van der Waals surface area (Å²) in [6.07, 6.45) is 1.50. The minimum atomic E-state index is -0.257. The Balaban J connectivity index is 1.53. The fourth-order valence-corrected chi connectivity index (χ4v) is 2.98. The predicted octanol–water partition coefficient (Wildman–Crippen LogP) is 3.02. The van der Waals surface area contributed by atoms with E-state index < -0.39 is 0 Å². The van der Waals surface area contributed by atoms with Crippen LogP contribution in [-0.4, -0.2) is 48.0 Å². The maximum absolute atomic E-state index is 13.0. The highest BCUT2D eigenvalue weighted by Gasteiger charge is 2.25. The van der Waals surface area contributed by atoms with Gasteiger partial charge in [0.25, 0.3) is 0 Å². The number of pyridine rings is 1. The molecule has 2 aromatic rings. The van der Waals surface area contributed by atoms with Crippen LogP contribution in [-0.2, 0) is 4.79 Å². The smallest absolute Gasteiger partial charge is 0.242 e. The van der Waals surface area contributed by atoms with Gasteiger partial charge < -0.3 is 10.2 Å². The van der Waals surface area contributed by atoms with E-state index in [-0.39, 0.29) is 17.8 Å². The Morgan fingerprint density at radius 2 is 1.84 bits per heavy atom. The van der Waals surface area contributed by atoms with Crippen molar-refractivity contribution in [1.82, 2.24) is 9.88 Å². The van der Waals surface area contributed by atoms with Crippen LogP contribution in [0, 0.1) is 5.82 Å². The molecule has 5 nitrogen and oxygen atoms in total. The summed E-state index contributed by atoms with van der Waals surface area (Å²) in [5, 5.41) is 3.34. The molecule has 0 spiro atoms. The van der Waals surface area contributed by atoms with Gasteiger partial charge in [-0.1, -0.05) is 11.6 Å². The average molecular weight is 363 g/mol. The van der Waals surface area contributed by atoms with E-state index in [4.69, 9.17) is 11.6 Å². The van der Waals surface area contributed by atoms with Gasteiger partial charge in [0.05, 0.1) is 11.1 Å². The first-order chi connectivity index (χ1) is 12.0. The maximum atomic E-state index is 13.0. The largest absolute Gasteiger partial charge is 0.369 e. The summed E-state index contributed by atoms with van der Waals surface area (Å²) in [5.74, 6) is 0.166. The average Bonchev–Trinajstić information content (AvgIpc) is 2.64. The second-order valence-electron chi connectivity index (χ2n) is 6.03. The van der Waals surface area contributed by atoms with E-state index in [0.717, 1.165) is 31.9 Å². The topological polar surface area (TPSA) is 48.5 Å². The number of nitrogens with zero attached hydrogens (tertiary/aromatic N) is 3. The van der Waals surface area contributed by atoms with Crippen LogP contribution in [0.5, 0.6) is 0 Å². The van der Waals surface area contributed by atoms with Gasteiger partial charge in [-0.25, -0.2) is 9.37 Å². The molecule has 1 fully saturated rings. The lowest BCUT2D eigenvalue weighted by Gasteiger charge is -2.38. The summed E-state index contributed by atoms with van der Waals surface area (Å²) in [6, 6.07) is 9.62. The highest BCUT2D eigenvalue weighted by atomic mass is 35.5. The molecule has 0 bridgehead atoms. The Morgan fingerprint density at radius 1 is 1.16 bits per heavy atom. The van der Waals surface area contributed by atoms with Gasteiger partial charge in [-0.3, -0.25) is 9.69 Å². The summed E-state index contributed by atoms with van der Waals surface area (Å²) in [6.45, 7) is 5.00. The van der Waals surface area contributed by atoms with Crippen molar-refractivity contribution in [3.05, 3.63) is 53.4 Å². The molecule has 1 N–H and O–H groups in total. The third-order valence-electron chi connectivity index (χ3n) is 4.41. The Bertz CT molecular complexity index is 715. The Kier molecular flexibility index (Phi) is 5.50. The first kappa shape index (κ1) is 17.6. The summed E-state index contributed by atoms with van der Waals surface area (Å²) in [4.78, 5) is 20.8. The van der Waals surface area contributed by atoms with Gasteiger partial charge in [-0.05, 0) is 43.3 Å². The van der Waals surface area contributed by atoms with E-state index in [1.165, 1.54) is 18.3 Å². The maximum Gasteiger partial charge on any atom is 0.242 e. The first-order valence-corrected chi connectivity index (χ1v) is 8.58. The van der Waals surface area contributed by atoms with Gasteiger partial charge in [0.15, 0.2) is 0 Å². The molecule has 1 atom stereocenters. The molecule has 1 aliphatic heterocycles. The molecular weight excluding hydrogens is 343 g/mol. The first-order valence-electron chi connectivity index (χ1n) is 8.20. The molecule has 25 heavy (non-hydrogen) atoms. The van der Waals surface area contributed by atoms with Crippen molar-refractivity contribution in [3.63, 3.8) is 0 Å². The van der Waals surface area contributed by atoms with Gasteiger partial charge in [0.1, 0.15) is 11.6 Å². The van der Waals surface area contributed by atoms with E-state index in [0.29, 0.717) is 10.8 Å². The number of carbonyl (C=O) groups is 1. The van der Waals surface area contributed by atoms with Crippen LogP contribution >= 0.6 is 11.6 Å². The van der Waals surface area contributed by atoms with E-state index in [1.54, 1.807) is 24.3 Å². The molecule has 1 aliphatic rings. The number of rotatable bonds is 4. The minimum absolute atomic E-state index is 0.0925. The summed E-state index contributed by atoms with van der Waals surface area (Å²) < 4.78 is 13.0. The monoisotopic (exact) mass is 362 g/mol. The van der Waals surface area contributed by atoms with Crippen molar-refractivity contribution in [1.29, 1.82) is 0 Å². The number of hydrogen-bond donors (Lipinski definition) is 1. The number of halogens is 2. The number of benzene rings is 1. The molecule has 2 heterocycles. The zero-order valence-electron chi connectivity index (χ0n) is 14.0. The van der Waals surface area contributed by atoms with Gasteiger partial charge in [-0.15, -0.1) is 0 Å². The SMILES string of the molecule is C[C@@H](C(=O)Nc1ccc(Cl)cn1)N1CCN(c2ccc(F)cc2)CC1. The number of nitrogens with one attached hydrogen (secondary N) is 1. The van der Waals surface area contributed by atoms with Gasteiger partial charge in [0, 0.05) is 38.1 Å². The van der Waals surface area contributed by atoms with Crippen molar-refractivity contribution in [2.24, 2.45) is 0 Å². The van der Waals surface area contributed by atoms with E-state index >= 15 is 0 Å². The lowest BCUT2D eigenvalue weighted by Crippen LogP contribution is -2.52. The molecule has 1 amide bonds. The van der Waals surface area contributed by atoms with E-state index in [1.807, 2.05) is 6.92 Å². The number of carbonyl (C=O) groups excluding carboxylic acids is 1. The number of hydrogen-bond acceptors (Lipinski definition) is 4. The minimum Gasteiger partial charge on any atom is -0.369 e. The fourth-order valence-electron chi connectivity index (χ4n) is 2.87. The summed E-state index contributed by atoms with van der Waals surface area (Å²) in [7, 11) is 0. The van der Waals surface area contributed by atoms with Crippen molar-refractivity contribution >= 4 is 29.0 Å². The van der Waals surface area contributed by atoms with Crippen LogP contribution in [0.3, 0.4) is 0 Å². The molecule has 7 heteroatoms. The highest BCUT2D eigenvalue weighted by molar-refractivity contribution is 6.30. The molecule has 0 radical (unpaired) electrons. The third kappa shape index (κ3) is 4.46. The van der Waals surface area contributed by atoms with Crippen molar-refractivity contribution in [3.8, 4) is 0 Å². The van der Waals surface area contributed by atoms with E-state index in [9.17, 15) is 9.18 Å². The molecule has 1 aromatic carbocycles. The molecule has 0 aliphatic carbocycles. The lowest BCUT2D eigenvalue weighted by molar-refractivity contribution is -0.120. The van der Waals surface area contributed by atoms with Crippen LogP contribution < -0.4 is 10.2 Å². The zero-order chi connectivity index (χ0) is 17.8.